The number of nitrogens with zero attached hydrogens (tertiary/aromatic N) is 5. The Hall–Kier alpha value is -3.25. The first-order valence-electron chi connectivity index (χ1n) is 11.5. The number of alkyl halides is 1. The van der Waals surface area contributed by atoms with Crippen molar-refractivity contribution >= 4 is 34.7 Å². The monoisotopic (exact) mass is 478 g/mol. The van der Waals surface area contributed by atoms with E-state index in [2.05, 4.69) is 16.0 Å². The van der Waals surface area contributed by atoms with E-state index in [4.69, 9.17) is 5.73 Å². The number of piperidine rings is 1. The molecule has 9 heteroatoms. The van der Waals surface area contributed by atoms with Crippen LogP contribution in [-0.4, -0.2) is 55.1 Å². The summed E-state index contributed by atoms with van der Waals surface area (Å²) in [6.07, 6.45) is 3.25. The van der Waals surface area contributed by atoms with Crippen LogP contribution in [0.15, 0.2) is 47.1 Å². The first-order valence-corrected chi connectivity index (χ1v) is 12.4. The van der Waals surface area contributed by atoms with Crippen molar-refractivity contribution in [2.24, 2.45) is 0 Å². The average Bonchev–Trinajstić information content (AvgIpc) is 3.08. The fraction of sp³-hybridized carbons (Fsp3) is 0.400. The van der Waals surface area contributed by atoms with Crippen molar-refractivity contribution in [2.45, 2.75) is 30.8 Å². The molecule has 0 spiro atoms. The second kappa shape index (κ2) is 9.18. The number of aromatic nitrogens is 1. The molecule has 0 radical (unpaired) electrons. The third-order valence-corrected chi connectivity index (χ3v) is 8.25. The molecule has 0 amide bonds. The minimum Gasteiger partial charge on any atom is -0.398 e. The van der Waals surface area contributed by atoms with E-state index in [1.54, 1.807) is 23.9 Å². The van der Waals surface area contributed by atoms with Crippen molar-refractivity contribution in [1.29, 1.82) is 5.26 Å². The topological polar surface area (TPSA) is 89.5 Å². The summed E-state index contributed by atoms with van der Waals surface area (Å²) in [7, 11) is 2.02. The maximum Gasteiger partial charge on any atom is 0.190 e. The molecule has 3 aliphatic heterocycles. The number of carbonyl (C=O) groups is 1. The Kier molecular flexibility index (Phi) is 6.09. The average molecular weight is 479 g/mol. The van der Waals surface area contributed by atoms with Crippen molar-refractivity contribution < 1.29 is 9.18 Å². The number of nitrogens with two attached hydrogens (primary N) is 1. The maximum absolute atomic E-state index is 13.8. The predicted molar refractivity (Wildman–Crippen MR) is 133 cm³/mol. The molecule has 1 fully saturated rings. The van der Waals surface area contributed by atoms with Gasteiger partial charge in [0.1, 0.15) is 23.4 Å². The van der Waals surface area contributed by atoms with Gasteiger partial charge in [0, 0.05) is 55.4 Å². The summed E-state index contributed by atoms with van der Waals surface area (Å²) in [6, 6.07) is 11.4. The number of ketones is 1. The van der Waals surface area contributed by atoms with Crippen LogP contribution in [0.4, 0.5) is 21.6 Å². The molecule has 2 atom stereocenters. The summed E-state index contributed by atoms with van der Waals surface area (Å²) >= 11 is 1.57. The minimum atomic E-state index is -0.795. The number of hydrogen-bond acceptors (Lipinski definition) is 8. The predicted octanol–water partition coefficient (Wildman–Crippen LogP) is 3.84. The van der Waals surface area contributed by atoms with Gasteiger partial charge in [-0.25, -0.2) is 9.37 Å². The highest BCUT2D eigenvalue weighted by atomic mass is 32.2. The van der Waals surface area contributed by atoms with Gasteiger partial charge in [-0.2, -0.15) is 5.26 Å². The Morgan fingerprint density at radius 2 is 2.09 bits per heavy atom. The van der Waals surface area contributed by atoms with E-state index in [1.165, 1.54) is 0 Å². The molecule has 1 saturated heterocycles. The minimum absolute atomic E-state index is 0.0148. The molecule has 176 valence electrons. The third-order valence-electron chi connectivity index (χ3n) is 6.74. The van der Waals surface area contributed by atoms with Gasteiger partial charge in [0.2, 0.25) is 0 Å². The Morgan fingerprint density at radius 1 is 1.24 bits per heavy atom. The summed E-state index contributed by atoms with van der Waals surface area (Å²) in [6.45, 7) is 2.16. The molecular formula is C25H27FN6OS. The van der Waals surface area contributed by atoms with E-state index in [1.807, 2.05) is 41.2 Å². The molecule has 7 nitrogen and oxygen atoms in total. The quantitative estimate of drug-likeness (QED) is 0.666. The van der Waals surface area contributed by atoms with Gasteiger partial charge in [-0.15, -0.1) is 0 Å². The van der Waals surface area contributed by atoms with Crippen LogP contribution in [0.2, 0.25) is 0 Å². The SMILES string of the molecule is CN1C2=C(SC1c1ccc(N3CCCC(F)C3)nc1)C(=O)CN(c1ccc(N)c(C#N)c1)CC2. The highest BCUT2D eigenvalue weighted by molar-refractivity contribution is 8.04. The fourth-order valence-electron chi connectivity index (χ4n) is 4.86. The largest absolute Gasteiger partial charge is 0.398 e. The van der Waals surface area contributed by atoms with Crippen LogP contribution in [0.5, 0.6) is 0 Å². The number of nitriles is 1. The van der Waals surface area contributed by atoms with Crippen molar-refractivity contribution in [1.82, 2.24) is 9.88 Å². The number of nitrogen functional groups attached to an aromatic ring is 1. The number of halogens is 1. The molecule has 2 unspecified atom stereocenters. The van der Waals surface area contributed by atoms with E-state index in [0.29, 0.717) is 30.8 Å². The zero-order chi connectivity index (χ0) is 23.8. The molecule has 0 bridgehead atoms. The van der Waals surface area contributed by atoms with Crippen molar-refractivity contribution in [3.63, 3.8) is 0 Å². The molecular weight excluding hydrogens is 451 g/mol. The van der Waals surface area contributed by atoms with E-state index in [9.17, 15) is 14.4 Å². The number of rotatable bonds is 3. The molecule has 3 aliphatic rings. The standard InChI is InChI=1S/C25H27FN6OS/c1-30-21-8-10-31(19-5-6-20(28)17(11-19)12-27)15-22(33)24(21)34-25(30)16-4-7-23(29-13-16)32-9-2-3-18(26)14-32/h4-7,11,13,18,25H,2-3,8-10,14-15,28H2,1H3. The van der Waals surface area contributed by atoms with Crippen LogP contribution in [0.25, 0.3) is 0 Å². The lowest BCUT2D eigenvalue weighted by atomic mass is 10.1. The molecule has 1 aromatic heterocycles. The second-order valence-electron chi connectivity index (χ2n) is 8.97. The van der Waals surface area contributed by atoms with Gasteiger partial charge >= 0.3 is 0 Å². The summed E-state index contributed by atoms with van der Waals surface area (Å²) in [4.78, 5) is 24.8. The van der Waals surface area contributed by atoms with E-state index < -0.39 is 6.17 Å². The van der Waals surface area contributed by atoms with Gasteiger partial charge in [0.05, 0.1) is 23.6 Å². The molecule has 34 heavy (non-hydrogen) atoms. The lowest BCUT2D eigenvalue weighted by molar-refractivity contribution is -0.113. The van der Waals surface area contributed by atoms with E-state index >= 15 is 0 Å². The summed E-state index contributed by atoms with van der Waals surface area (Å²) in [5, 5.41) is 9.28. The molecule has 4 heterocycles. The Morgan fingerprint density at radius 3 is 2.82 bits per heavy atom. The van der Waals surface area contributed by atoms with Crippen LogP contribution in [-0.2, 0) is 4.79 Å². The van der Waals surface area contributed by atoms with Crippen LogP contribution in [0.1, 0.15) is 35.8 Å². The first-order chi connectivity index (χ1) is 16.4. The van der Waals surface area contributed by atoms with Gasteiger partial charge in [0.15, 0.2) is 5.78 Å². The number of pyridine rings is 1. The highest BCUT2D eigenvalue weighted by Gasteiger charge is 2.37. The normalized spacial score (nSPS) is 23.1. The molecule has 0 saturated carbocycles. The number of Topliss-reactive ketones (excluding diaryl/α,β-unsaturated/α-hetero) is 1. The molecule has 0 aliphatic carbocycles. The van der Waals surface area contributed by atoms with Gasteiger partial charge in [0.25, 0.3) is 0 Å². The van der Waals surface area contributed by atoms with Gasteiger partial charge < -0.3 is 20.4 Å². The summed E-state index contributed by atoms with van der Waals surface area (Å²) in [5.41, 5.74) is 9.62. The molecule has 5 rings (SSSR count). The van der Waals surface area contributed by atoms with Gasteiger partial charge in [-0.1, -0.05) is 17.8 Å². The Bertz CT molecular complexity index is 1180. The highest BCUT2D eigenvalue weighted by Crippen LogP contribution is 2.49. The zero-order valence-electron chi connectivity index (χ0n) is 19.1. The third kappa shape index (κ3) is 4.18. The Balaban J connectivity index is 1.29. The van der Waals surface area contributed by atoms with E-state index in [0.717, 1.165) is 47.1 Å². The molecule has 2 aromatic rings. The van der Waals surface area contributed by atoms with Crippen LogP contribution >= 0.6 is 11.8 Å². The maximum atomic E-state index is 13.8. The second-order valence-corrected chi connectivity index (χ2v) is 10.1. The van der Waals surface area contributed by atoms with Gasteiger partial charge in [-0.3, -0.25) is 4.79 Å². The van der Waals surface area contributed by atoms with Crippen LogP contribution in [0.3, 0.4) is 0 Å². The van der Waals surface area contributed by atoms with Crippen LogP contribution < -0.4 is 15.5 Å². The van der Waals surface area contributed by atoms with Crippen molar-refractivity contribution in [2.75, 3.05) is 48.8 Å². The number of benzene rings is 1. The van der Waals surface area contributed by atoms with Crippen LogP contribution in [0, 0.1) is 11.3 Å². The summed E-state index contributed by atoms with van der Waals surface area (Å²) < 4.78 is 13.8. The number of anilines is 3. The lowest BCUT2D eigenvalue weighted by Gasteiger charge is -2.30. The van der Waals surface area contributed by atoms with Crippen molar-refractivity contribution in [3.8, 4) is 6.07 Å². The lowest BCUT2D eigenvalue weighted by Crippen LogP contribution is -2.36. The zero-order valence-corrected chi connectivity index (χ0v) is 19.9. The molecule has 1 aromatic carbocycles. The summed E-state index contributed by atoms with van der Waals surface area (Å²) in [5.74, 6) is 0.882. The molecule has 2 N–H and O–H groups in total. The van der Waals surface area contributed by atoms with Gasteiger partial charge in [-0.05, 0) is 37.1 Å². The van der Waals surface area contributed by atoms with E-state index in [-0.39, 0.29) is 17.7 Å². The number of thioether (sulfide) groups is 1. The number of hydrogen-bond donors (Lipinski definition) is 1. The first kappa shape index (κ1) is 22.5. The number of carbonyl (C=O) groups excluding carboxylic acids is 1. The fourth-order valence-corrected chi connectivity index (χ4v) is 6.22. The smallest absolute Gasteiger partial charge is 0.190 e. The van der Waals surface area contributed by atoms with Crippen molar-refractivity contribution in [3.05, 3.63) is 58.3 Å². The Labute approximate surface area is 203 Å².